The second kappa shape index (κ2) is 7.08. The standard InChI is InChI=1S/C20H26N2O2/c1-15-3-2-4-18-19(5-9-21-20(15)18)22-10-6-17(7-11-22)24-14-16-8-12-23-13-16/h2-5,9,16-17H,6-8,10-14H2,1H3. The number of hydrogen-bond acceptors (Lipinski definition) is 4. The van der Waals surface area contributed by atoms with Gasteiger partial charge in [-0.2, -0.15) is 0 Å². The van der Waals surface area contributed by atoms with Gasteiger partial charge in [0.25, 0.3) is 0 Å². The summed E-state index contributed by atoms with van der Waals surface area (Å²) in [6.07, 6.45) is 5.69. The summed E-state index contributed by atoms with van der Waals surface area (Å²) in [6, 6.07) is 8.60. The van der Waals surface area contributed by atoms with E-state index in [0.717, 1.165) is 57.7 Å². The molecule has 128 valence electrons. The van der Waals surface area contributed by atoms with Crippen LogP contribution in [0.25, 0.3) is 10.9 Å². The molecule has 0 radical (unpaired) electrons. The fraction of sp³-hybridized carbons (Fsp3) is 0.550. The van der Waals surface area contributed by atoms with E-state index in [1.807, 2.05) is 6.20 Å². The lowest BCUT2D eigenvalue weighted by Gasteiger charge is -2.34. The predicted molar refractivity (Wildman–Crippen MR) is 96.6 cm³/mol. The zero-order valence-corrected chi connectivity index (χ0v) is 14.4. The first-order chi connectivity index (χ1) is 11.8. The van der Waals surface area contributed by atoms with Crippen LogP contribution in [0.5, 0.6) is 0 Å². The van der Waals surface area contributed by atoms with Gasteiger partial charge in [0, 0.05) is 42.9 Å². The van der Waals surface area contributed by atoms with Crippen LogP contribution in [0.3, 0.4) is 0 Å². The Kier molecular flexibility index (Phi) is 4.67. The molecule has 0 N–H and O–H groups in total. The normalized spacial score (nSPS) is 22.4. The first kappa shape index (κ1) is 15.9. The molecule has 2 aromatic rings. The Morgan fingerprint density at radius 3 is 2.88 bits per heavy atom. The average Bonchev–Trinajstić information content (AvgIpc) is 3.14. The van der Waals surface area contributed by atoms with Crippen LogP contribution in [0.1, 0.15) is 24.8 Å². The maximum absolute atomic E-state index is 6.14. The zero-order chi connectivity index (χ0) is 16.4. The highest BCUT2D eigenvalue weighted by atomic mass is 16.5. The highest BCUT2D eigenvalue weighted by Crippen LogP contribution is 2.30. The Morgan fingerprint density at radius 1 is 1.21 bits per heavy atom. The summed E-state index contributed by atoms with van der Waals surface area (Å²) in [5.74, 6) is 0.607. The van der Waals surface area contributed by atoms with Crippen molar-refractivity contribution in [3.05, 3.63) is 36.0 Å². The van der Waals surface area contributed by atoms with Crippen molar-refractivity contribution >= 4 is 16.6 Å². The van der Waals surface area contributed by atoms with Crippen LogP contribution in [-0.4, -0.2) is 44.0 Å². The van der Waals surface area contributed by atoms with Gasteiger partial charge in [0.15, 0.2) is 0 Å². The average molecular weight is 326 g/mol. The molecule has 1 aromatic carbocycles. The van der Waals surface area contributed by atoms with Crippen LogP contribution >= 0.6 is 0 Å². The summed E-state index contributed by atoms with van der Waals surface area (Å²) in [5.41, 5.74) is 3.67. The van der Waals surface area contributed by atoms with Crippen LogP contribution in [-0.2, 0) is 9.47 Å². The number of benzene rings is 1. The van der Waals surface area contributed by atoms with Crippen molar-refractivity contribution < 1.29 is 9.47 Å². The van der Waals surface area contributed by atoms with E-state index in [2.05, 4.69) is 41.1 Å². The van der Waals surface area contributed by atoms with Crippen LogP contribution in [0.2, 0.25) is 0 Å². The number of aromatic nitrogens is 1. The van der Waals surface area contributed by atoms with Gasteiger partial charge in [0.05, 0.1) is 24.8 Å². The minimum Gasteiger partial charge on any atom is -0.381 e. The molecule has 2 saturated heterocycles. The molecule has 24 heavy (non-hydrogen) atoms. The summed E-state index contributed by atoms with van der Waals surface area (Å²) >= 11 is 0. The summed E-state index contributed by atoms with van der Waals surface area (Å²) in [7, 11) is 0. The van der Waals surface area contributed by atoms with Crippen molar-refractivity contribution in [2.45, 2.75) is 32.3 Å². The van der Waals surface area contributed by atoms with Crippen LogP contribution in [0.15, 0.2) is 30.5 Å². The molecule has 2 aliphatic heterocycles. The van der Waals surface area contributed by atoms with Crippen molar-refractivity contribution in [3.8, 4) is 0 Å². The molecule has 0 amide bonds. The lowest BCUT2D eigenvalue weighted by molar-refractivity contribution is 0.0132. The van der Waals surface area contributed by atoms with Gasteiger partial charge in [-0.1, -0.05) is 18.2 Å². The molecule has 0 saturated carbocycles. The molecule has 0 spiro atoms. The minimum atomic E-state index is 0.400. The number of anilines is 1. The predicted octanol–water partition coefficient (Wildman–Crippen LogP) is 3.57. The van der Waals surface area contributed by atoms with Gasteiger partial charge < -0.3 is 14.4 Å². The third-order valence-electron chi connectivity index (χ3n) is 5.32. The van der Waals surface area contributed by atoms with Gasteiger partial charge in [-0.25, -0.2) is 0 Å². The molecule has 4 rings (SSSR count). The van der Waals surface area contributed by atoms with Gasteiger partial charge >= 0.3 is 0 Å². The largest absolute Gasteiger partial charge is 0.381 e. The number of fused-ring (bicyclic) bond motifs is 1. The molecule has 0 aliphatic carbocycles. The zero-order valence-electron chi connectivity index (χ0n) is 14.4. The van der Waals surface area contributed by atoms with Gasteiger partial charge in [0.1, 0.15) is 0 Å². The van der Waals surface area contributed by atoms with Gasteiger partial charge in [0.2, 0.25) is 0 Å². The maximum Gasteiger partial charge on any atom is 0.0751 e. The second-order valence-electron chi connectivity index (χ2n) is 7.05. The van der Waals surface area contributed by atoms with Crippen molar-refractivity contribution in [1.29, 1.82) is 0 Å². The lowest BCUT2D eigenvalue weighted by atomic mass is 10.0. The fourth-order valence-corrected chi connectivity index (χ4v) is 3.84. The van der Waals surface area contributed by atoms with E-state index in [1.54, 1.807) is 0 Å². The summed E-state index contributed by atoms with van der Waals surface area (Å²) in [6.45, 7) is 6.88. The number of aryl methyl sites for hydroxylation is 1. The molecule has 4 heteroatoms. The Morgan fingerprint density at radius 2 is 2.08 bits per heavy atom. The van der Waals surface area contributed by atoms with E-state index in [1.165, 1.54) is 16.6 Å². The molecule has 1 unspecified atom stereocenters. The van der Waals surface area contributed by atoms with Crippen molar-refractivity contribution in [3.63, 3.8) is 0 Å². The van der Waals surface area contributed by atoms with Gasteiger partial charge in [-0.05, 0) is 37.8 Å². The monoisotopic (exact) mass is 326 g/mol. The molecule has 2 aliphatic rings. The van der Waals surface area contributed by atoms with Crippen LogP contribution in [0, 0.1) is 12.8 Å². The van der Waals surface area contributed by atoms with E-state index in [-0.39, 0.29) is 0 Å². The molecule has 1 aromatic heterocycles. The van der Waals surface area contributed by atoms with Crippen LogP contribution in [0.4, 0.5) is 5.69 Å². The molecular formula is C20H26N2O2. The smallest absolute Gasteiger partial charge is 0.0751 e. The minimum absolute atomic E-state index is 0.400. The number of rotatable bonds is 4. The van der Waals surface area contributed by atoms with Gasteiger partial charge in [-0.3, -0.25) is 4.98 Å². The number of nitrogens with zero attached hydrogens (tertiary/aromatic N) is 2. The number of piperidine rings is 1. The summed E-state index contributed by atoms with van der Waals surface area (Å²) < 4.78 is 11.6. The third-order valence-corrected chi connectivity index (χ3v) is 5.32. The van der Waals surface area contributed by atoms with Crippen molar-refractivity contribution in [2.75, 3.05) is 37.8 Å². The van der Waals surface area contributed by atoms with Crippen LogP contribution < -0.4 is 4.90 Å². The highest BCUT2D eigenvalue weighted by molar-refractivity contribution is 5.93. The third kappa shape index (κ3) is 3.26. The Labute approximate surface area is 143 Å². The molecule has 2 fully saturated rings. The number of para-hydroxylation sites is 1. The molecule has 4 nitrogen and oxygen atoms in total. The van der Waals surface area contributed by atoms with Crippen molar-refractivity contribution in [1.82, 2.24) is 4.98 Å². The van der Waals surface area contributed by atoms with Gasteiger partial charge in [-0.15, -0.1) is 0 Å². The maximum atomic E-state index is 6.14. The Hall–Kier alpha value is -1.65. The van der Waals surface area contributed by atoms with Crippen molar-refractivity contribution in [2.24, 2.45) is 5.92 Å². The van der Waals surface area contributed by atoms with E-state index in [9.17, 15) is 0 Å². The first-order valence-corrected chi connectivity index (χ1v) is 9.10. The van der Waals surface area contributed by atoms with E-state index in [0.29, 0.717) is 12.0 Å². The summed E-state index contributed by atoms with van der Waals surface area (Å²) in [4.78, 5) is 7.05. The topological polar surface area (TPSA) is 34.6 Å². The van der Waals surface area contributed by atoms with E-state index >= 15 is 0 Å². The Bertz CT molecular complexity index is 689. The second-order valence-corrected chi connectivity index (χ2v) is 7.05. The molecule has 0 bridgehead atoms. The summed E-state index contributed by atoms with van der Waals surface area (Å²) in [5, 5.41) is 1.26. The Balaban J connectivity index is 1.40. The SMILES string of the molecule is Cc1cccc2c(N3CCC(OCC4CCOC4)CC3)ccnc12. The molecule has 1 atom stereocenters. The van der Waals surface area contributed by atoms with E-state index in [4.69, 9.17) is 9.47 Å². The quantitative estimate of drug-likeness (QED) is 0.860. The lowest BCUT2D eigenvalue weighted by Crippen LogP contribution is -2.37. The molecule has 3 heterocycles. The van der Waals surface area contributed by atoms with E-state index < -0.39 is 0 Å². The first-order valence-electron chi connectivity index (χ1n) is 9.10. The number of ether oxygens (including phenoxy) is 2. The highest BCUT2D eigenvalue weighted by Gasteiger charge is 2.23. The fourth-order valence-electron chi connectivity index (χ4n) is 3.84. The number of pyridine rings is 1. The number of hydrogen-bond donors (Lipinski definition) is 0. The molecular weight excluding hydrogens is 300 g/mol.